The molecule has 3 rings (SSSR count). The summed E-state index contributed by atoms with van der Waals surface area (Å²) in [6.07, 6.45) is 6.77. The molecule has 0 saturated carbocycles. The van der Waals surface area contributed by atoms with Gasteiger partial charge in [0.2, 0.25) is 0 Å². The van der Waals surface area contributed by atoms with E-state index < -0.39 is 0 Å². The van der Waals surface area contributed by atoms with Gasteiger partial charge >= 0.3 is 6.03 Å². The molecule has 2 aromatic heterocycles. The number of carbonyl (C=O) groups excluding carboxylic acids is 1. The molecule has 0 spiro atoms. The van der Waals surface area contributed by atoms with Crippen molar-refractivity contribution in [2.75, 3.05) is 26.2 Å². The van der Waals surface area contributed by atoms with Crippen molar-refractivity contribution in [3.63, 3.8) is 0 Å². The van der Waals surface area contributed by atoms with Crippen LogP contribution >= 0.6 is 0 Å². The number of carbonyl (C=O) groups is 1. The molecule has 1 saturated heterocycles. The van der Waals surface area contributed by atoms with Crippen molar-refractivity contribution in [2.45, 2.75) is 13.5 Å². The summed E-state index contributed by atoms with van der Waals surface area (Å²) in [7, 11) is 0. The molecular formula is C14H18N6O. The fourth-order valence-corrected chi connectivity index (χ4v) is 2.40. The first kappa shape index (κ1) is 13.7. The van der Waals surface area contributed by atoms with Crippen molar-refractivity contribution in [3.05, 3.63) is 42.2 Å². The fourth-order valence-electron chi connectivity index (χ4n) is 2.40. The molecular weight excluding hydrogens is 268 g/mol. The first-order chi connectivity index (χ1) is 10.2. The van der Waals surface area contributed by atoms with Crippen LogP contribution in [-0.2, 0) is 6.54 Å². The topological polar surface area (TPSA) is 67.2 Å². The molecule has 1 fully saturated rings. The fraction of sp³-hybridized carbons (Fsp3) is 0.429. The Bertz CT molecular complexity index is 603. The van der Waals surface area contributed by atoms with E-state index in [1.54, 1.807) is 24.9 Å². The van der Waals surface area contributed by atoms with Gasteiger partial charge in [-0.2, -0.15) is 9.78 Å². The molecule has 0 unspecified atom stereocenters. The number of aryl methyl sites for hydroxylation is 1. The number of amides is 1. The lowest BCUT2D eigenvalue weighted by molar-refractivity contribution is 0.133. The van der Waals surface area contributed by atoms with Gasteiger partial charge in [0.05, 0.1) is 11.9 Å². The van der Waals surface area contributed by atoms with Crippen LogP contribution in [0.5, 0.6) is 0 Å². The minimum absolute atomic E-state index is 0.0511. The molecule has 7 nitrogen and oxygen atoms in total. The molecule has 0 radical (unpaired) electrons. The summed E-state index contributed by atoms with van der Waals surface area (Å²) in [5, 5.41) is 4.07. The van der Waals surface area contributed by atoms with Gasteiger partial charge in [-0.3, -0.25) is 4.90 Å². The minimum atomic E-state index is -0.0511. The molecule has 3 heterocycles. The second-order valence-corrected chi connectivity index (χ2v) is 5.21. The Morgan fingerprint density at radius 1 is 1.29 bits per heavy atom. The number of piperazine rings is 1. The van der Waals surface area contributed by atoms with Gasteiger partial charge in [0.1, 0.15) is 6.33 Å². The zero-order valence-corrected chi connectivity index (χ0v) is 12.0. The van der Waals surface area contributed by atoms with Crippen molar-refractivity contribution < 1.29 is 4.79 Å². The van der Waals surface area contributed by atoms with E-state index in [1.165, 1.54) is 4.68 Å². The average molecular weight is 286 g/mol. The molecule has 0 atom stereocenters. The highest BCUT2D eigenvalue weighted by Gasteiger charge is 2.22. The molecule has 1 aliphatic rings. The SMILES string of the molecule is Cc1cnn(C(=O)N2CCN(Cc3ccncn3)CC2)c1. The first-order valence-electron chi connectivity index (χ1n) is 7.00. The lowest BCUT2D eigenvalue weighted by atomic mass is 10.3. The van der Waals surface area contributed by atoms with Gasteiger partial charge < -0.3 is 4.90 Å². The maximum absolute atomic E-state index is 12.3. The third-order valence-electron chi connectivity index (χ3n) is 3.58. The average Bonchev–Trinajstić information content (AvgIpc) is 2.95. The molecule has 0 N–H and O–H groups in total. The minimum Gasteiger partial charge on any atom is -0.320 e. The van der Waals surface area contributed by atoms with Gasteiger partial charge in [0.25, 0.3) is 0 Å². The maximum Gasteiger partial charge on any atom is 0.344 e. The zero-order chi connectivity index (χ0) is 14.7. The number of nitrogens with zero attached hydrogens (tertiary/aromatic N) is 6. The highest BCUT2D eigenvalue weighted by atomic mass is 16.2. The Balaban J connectivity index is 1.54. The van der Waals surface area contributed by atoms with Crippen LogP contribution in [0.15, 0.2) is 31.0 Å². The second-order valence-electron chi connectivity index (χ2n) is 5.21. The van der Waals surface area contributed by atoms with Crippen LogP contribution in [0.3, 0.4) is 0 Å². The van der Waals surface area contributed by atoms with E-state index in [4.69, 9.17) is 0 Å². The molecule has 110 valence electrons. The van der Waals surface area contributed by atoms with Crippen molar-refractivity contribution in [1.82, 2.24) is 29.5 Å². The normalized spacial score (nSPS) is 16.1. The smallest absolute Gasteiger partial charge is 0.320 e. The highest BCUT2D eigenvalue weighted by molar-refractivity contribution is 5.76. The van der Waals surface area contributed by atoms with Crippen molar-refractivity contribution >= 4 is 6.03 Å². The first-order valence-corrected chi connectivity index (χ1v) is 7.00. The Labute approximate surface area is 123 Å². The van der Waals surface area contributed by atoms with E-state index in [0.29, 0.717) is 13.1 Å². The maximum atomic E-state index is 12.3. The molecule has 1 aliphatic heterocycles. The second kappa shape index (κ2) is 6.01. The summed E-state index contributed by atoms with van der Waals surface area (Å²) in [6, 6.07) is 1.87. The van der Waals surface area contributed by atoms with Crippen LogP contribution in [0.25, 0.3) is 0 Å². The monoisotopic (exact) mass is 286 g/mol. The van der Waals surface area contributed by atoms with Gasteiger partial charge in [-0.05, 0) is 18.6 Å². The van der Waals surface area contributed by atoms with E-state index in [2.05, 4.69) is 20.0 Å². The molecule has 1 amide bonds. The summed E-state index contributed by atoms with van der Waals surface area (Å²) in [6.45, 7) is 5.83. The van der Waals surface area contributed by atoms with E-state index >= 15 is 0 Å². The predicted octanol–water partition coefficient (Wildman–Crippen LogP) is 0.767. The third-order valence-corrected chi connectivity index (χ3v) is 3.58. The van der Waals surface area contributed by atoms with Crippen molar-refractivity contribution in [2.24, 2.45) is 0 Å². The van der Waals surface area contributed by atoms with Gasteiger partial charge in [-0.15, -0.1) is 0 Å². The van der Waals surface area contributed by atoms with Crippen LogP contribution in [-0.4, -0.2) is 61.8 Å². The van der Waals surface area contributed by atoms with E-state index in [0.717, 1.165) is 30.9 Å². The number of hydrogen-bond donors (Lipinski definition) is 0. The van der Waals surface area contributed by atoms with Crippen molar-refractivity contribution in [1.29, 1.82) is 0 Å². The van der Waals surface area contributed by atoms with Crippen LogP contribution < -0.4 is 0 Å². The van der Waals surface area contributed by atoms with Crippen LogP contribution in [0.1, 0.15) is 11.3 Å². The molecule has 7 heteroatoms. The lowest BCUT2D eigenvalue weighted by Crippen LogP contribution is -2.49. The summed E-state index contributed by atoms with van der Waals surface area (Å²) < 4.78 is 1.41. The largest absolute Gasteiger partial charge is 0.344 e. The molecule has 2 aromatic rings. The van der Waals surface area contributed by atoms with Gasteiger partial charge in [0.15, 0.2) is 0 Å². The predicted molar refractivity (Wildman–Crippen MR) is 76.6 cm³/mol. The van der Waals surface area contributed by atoms with Crippen LogP contribution in [0.2, 0.25) is 0 Å². The quantitative estimate of drug-likeness (QED) is 0.815. The van der Waals surface area contributed by atoms with Gasteiger partial charge in [-0.1, -0.05) is 0 Å². The zero-order valence-electron chi connectivity index (χ0n) is 12.0. The summed E-state index contributed by atoms with van der Waals surface area (Å²) >= 11 is 0. The Morgan fingerprint density at radius 2 is 2.10 bits per heavy atom. The molecule has 0 aliphatic carbocycles. The Kier molecular flexibility index (Phi) is 3.92. The summed E-state index contributed by atoms with van der Waals surface area (Å²) in [5.41, 5.74) is 2.00. The molecule has 0 aromatic carbocycles. The van der Waals surface area contributed by atoms with E-state index in [1.807, 2.05) is 17.9 Å². The Morgan fingerprint density at radius 3 is 2.71 bits per heavy atom. The van der Waals surface area contributed by atoms with Crippen molar-refractivity contribution in [3.8, 4) is 0 Å². The highest BCUT2D eigenvalue weighted by Crippen LogP contribution is 2.08. The summed E-state index contributed by atoms with van der Waals surface area (Å²) in [5.74, 6) is 0. The van der Waals surface area contributed by atoms with E-state index in [-0.39, 0.29) is 6.03 Å². The number of rotatable bonds is 2. The van der Waals surface area contributed by atoms with Gasteiger partial charge in [-0.25, -0.2) is 14.8 Å². The number of aromatic nitrogens is 4. The van der Waals surface area contributed by atoms with Crippen LogP contribution in [0.4, 0.5) is 4.79 Å². The van der Waals surface area contributed by atoms with Gasteiger partial charge in [0, 0.05) is 45.1 Å². The standard InChI is InChI=1S/C14H18N6O/c1-12-8-17-20(9-12)14(21)19-6-4-18(5-7-19)10-13-2-3-15-11-16-13/h2-3,8-9,11H,4-7,10H2,1H3. The summed E-state index contributed by atoms with van der Waals surface area (Å²) in [4.78, 5) is 24.5. The molecule has 0 bridgehead atoms. The third kappa shape index (κ3) is 3.25. The van der Waals surface area contributed by atoms with Crippen LogP contribution in [0, 0.1) is 6.92 Å². The number of hydrogen-bond acceptors (Lipinski definition) is 5. The lowest BCUT2D eigenvalue weighted by Gasteiger charge is -2.34. The van der Waals surface area contributed by atoms with E-state index in [9.17, 15) is 4.79 Å². The molecule has 21 heavy (non-hydrogen) atoms. The Hall–Kier alpha value is -2.28.